The highest BCUT2D eigenvalue weighted by Gasteiger charge is 2.17. The van der Waals surface area contributed by atoms with Crippen molar-refractivity contribution in [2.24, 2.45) is 0 Å². The van der Waals surface area contributed by atoms with Crippen molar-refractivity contribution < 1.29 is 18.3 Å². The van der Waals surface area contributed by atoms with Gasteiger partial charge in [0.15, 0.2) is 11.1 Å². The first-order chi connectivity index (χ1) is 4.81. The summed E-state index contributed by atoms with van der Waals surface area (Å²) < 4.78 is 23.2. The van der Waals surface area contributed by atoms with Crippen LogP contribution in [0.2, 0.25) is 0 Å². The van der Waals surface area contributed by atoms with Gasteiger partial charge in [-0.05, 0) is 20.8 Å². The fraction of sp³-hybridized carbons (Fsp3) is 0.833. The Morgan fingerprint density at radius 1 is 1.55 bits per heavy atom. The highest BCUT2D eigenvalue weighted by atomic mass is 32.2. The minimum Gasteiger partial charge on any atom is -0.459 e. The third kappa shape index (κ3) is 7.48. The molecule has 0 aliphatic rings. The summed E-state index contributed by atoms with van der Waals surface area (Å²) >= 11 is -2.10. The van der Waals surface area contributed by atoms with E-state index in [4.69, 9.17) is 9.29 Å². The highest BCUT2D eigenvalue weighted by molar-refractivity contribution is 7.80. The molecule has 0 aromatic carbocycles. The number of ether oxygens (including phenoxy) is 1. The van der Waals surface area contributed by atoms with Gasteiger partial charge in [0.2, 0.25) is 0 Å². The minimum absolute atomic E-state index is 0.461. The summed E-state index contributed by atoms with van der Waals surface area (Å²) in [6.07, 6.45) is 0. The lowest BCUT2D eigenvalue weighted by Crippen LogP contribution is -2.26. The Hall–Kier alpha value is -0.420. The van der Waals surface area contributed by atoms with E-state index in [0.29, 0.717) is 0 Å². The van der Waals surface area contributed by atoms with Crippen molar-refractivity contribution in [1.82, 2.24) is 0 Å². The molecule has 0 saturated heterocycles. The van der Waals surface area contributed by atoms with Crippen LogP contribution in [0.4, 0.5) is 0 Å². The van der Waals surface area contributed by atoms with E-state index in [9.17, 15) is 9.00 Å². The van der Waals surface area contributed by atoms with Crippen molar-refractivity contribution in [1.29, 1.82) is 0 Å². The number of rotatable bonds is 2. The first-order valence-corrected chi connectivity index (χ1v) is 4.38. The Morgan fingerprint density at radius 2 is 2.00 bits per heavy atom. The fourth-order valence-electron chi connectivity index (χ4n) is 0.472. The van der Waals surface area contributed by atoms with Crippen molar-refractivity contribution in [2.45, 2.75) is 26.4 Å². The number of carbonyl (C=O) groups is 1. The lowest BCUT2D eigenvalue weighted by Gasteiger charge is -2.18. The number of hydrogen-bond donors (Lipinski definition) is 1. The second-order valence-electron chi connectivity index (χ2n) is 3.05. The van der Waals surface area contributed by atoms with Crippen LogP contribution in [-0.4, -0.2) is 26.1 Å². The van der Waals surface area contributed by atoms with Crippen molar-refractivity contribution in [3.05, 3.63) is 0 Å². The van der Waals surface area contributed by atoms with Crippen molar-refractivity contribution in [2.75, 3.05) is 5.75 Å². The molecule has 11 heavy (non-hydrogen) atoms. The van der Waals surface area contributed by atoms with Gasteiger partial charge in [0.25, 0.3) is 0 Å². The SMILES string of the molecule is CC(C)(C)OC(=O)CS(=O)O. The Bertz CT molecular complexity index is 170. The molecule has 0 aromatic heterocycles. The Balaban J connectivity index is 3.80. The lowest BCUT2D eigenvalue weighted by molar-refractivity contribution is -0.151. The molecule has 0 rings (SSSR count). The molecule has 1 N–H and O–H groups in total. The molecule has 0 heterocycles. The van der Waals surface area contributed by atoms with E-state index in [1.165, 1.54) is 0 Å². The normalized spacial score (nSPS) is 14.2. The van der Waals surface area contributed by atoms with Gasteiger partial charge in [0.05, 0.1) is 0 Å². The molecule has 1 unspecified atom stereocenters. The maximum atomic E-state index is 10.7. The van der Waals surface area contributed by atoms with E-state index in [1.807, 2.05) is 0 Å². The predicted octanol–water partition coefficient (Wildman–Crippen LogP) is 0.550. The summed E-state index contributed by atoms with van der Waals surface area (Å²) in [5.74, 6) is -1.12. The zero-order valence-corrected chi connectivity index (χ0v) is 7.60. The van der Waals surface area contributed by atoms with Crippen LogP contribution in [0.25, 0.3) is 0 Å². The summed E-state index contributed by atoms with van der Waals surface area (Å²) in [6, 6.07) is 0. The van der Waals surface area contributed by atoms with Crippen LogP contribution in [0.1, 0.15) is 20.8 Å². The lowest BCUT2D eigenvalue weighted by atomic mass is 10.2. The third-order valence-electron chi connectivity index (χ3n) is 0.661. The zero-order chi connectivity index (χ0) is 9.07. The van der Waals surface area contributed by atoms with E-state index < -0.39 is 28.4 Å². The van der Waals surface area contributed by atoms with Gasteiger partial charge >= 0.3 is 5.97 Å². The summed E-state index contributed by atoms with van der Waals surface area (Å²) in [6.45, 7) is 5.10. The van der Waals surface area contributed by atoms with Gasteiger partial charge in [-0.3, -0.25) is 4.79 Å². The van der Waals surface area contributed by atoms with E-state index in [1.54, 1.807) is 20.8 Å². The third-order valence-corrected chi connectivity index (χ3v) is 1.14. The van der Waals surface area contributed by atoms with Crippen LogP contribution >= 0.6 is 0 Å². The van der Waals surface area contributed by atoms with Gasteiger partial charge in [-0.1, -0.05) is 0 Å². The maximum absolute atomic E-state index is 10.7. The molecule has 0 amide bonds. The average molecular weight is 180 g/mol. The quantitative estimate of drug-likeness (QED) is 0.498. The molecular formula is C6H12O4S. The van der Waals surface area contributed by atoms with E-state index in [-0.39, 0.29) is 0 Å². The Labute approximate surface area is 68.2 Å². The van der Waals surface area contributed by atoms with Crippen LogP contribution in [-0.2, 0) is 20.6 Å². The number of esters is 1. The van der Waals surface area contributed by atoms with Gasteiger partial charge in [-0.2, -0.15) is 0 Å². The summed E-state index contributed by atoms with van der Waals surface area (Å²) in [7, 11) is 0. The minimum atomic E-state index is -2.10. The predicted molar refractivity (Wildman–Crippen MR) is 41.5 cm³/mol. The van der Waals surface area contributed by atoms with Crippen molar-refractivity contribution in [3.8, 4) is 0 Å². The van der Waals surface area contributed by atoms with Gasteiger partial charge in [-0.25, -0.2) is 4.21 Å². The summed E-state index contributed by atoms with van der Waals surface area (Å²) in [4.78, 5) is 10.7. The van der Waals surface area contributed by atoms with Crippen LogP contribution in [0.3, 0.4) is 0 Å². The van der Waals surface area contributed by atoms with Gasteiger partial charge in [-0.15, -0.1) is 0 Å². The molecule has 0 aromatic rings. The fourth-order valence-corrected chi connectivity index (χ4v) is 0.732. The maximum Gasteiger partial charge on any atom is 0.321 e. The molecule has 0 aliphatic carbocycles. The first-order valence-electron chi connectivity index (χ1n) is 3.10. The van der Waals surface area contributed by atoms with Crippen LogP contribution in [0, 0.1) is 0 Å². The molecule has 0 saturated carbocycles. The van der Waals surface area contributed by atoms with E-state index in [0.717, 1.165) is 0 Å². The van der Waals surface area contributed by atoms with Crippen LogP contribution in [0.15, 0.2) is 0 Å². The van der Waals surface area contributed by atoms with E-state index >= 15 is 0 Å². The Kier molecular flexibility index (Phi) is 3.68. The largest absolute Gasteiger partial charge is 0.459 e. The molecule has 0 aliphatic heterocycles. The highest BCUT2D eigenvalue weighted by Crippen LogP contribution is 2.06. The molecule has 0 spiro atoms. The van der Waals surface area contributed by atoms with Crippen molar-refractivity contribution in [3.63, 3.8) is 0 Å². The molecule has 4 nitrogen and oxygen atoms in total. The smallest absolute Gasteiger partial charge is 0.321 e. The summed E-state index contributed by atoms with van der Waals surface area (Å²) in [5, 5.41) is 0. The van der Waals surface area contributed by atoms with Crippen LogP contribution in [0.5, 0.6) is 0 Å². The standard InChI is InChI=1S/C6H12O4S/c1-6(2,3)10-5(7)4-11(8)9/h4H2,1-3H3,(H,8,9). The van der Waals surface area contributed by atoms with Crippen LogP contribution < -0.4 is 0 Å². The van der Waals surface area contributed by atoms with Gasteiger partial charge < -0.3 is 9.29 Å². The Morgan fingerprint density at radius 3 is 2.27 bits per heavy atom. The van der Waals surface area contributed by atoms with Gasteiger partial charge in [0, 0.05) is 0 Å². The molecule has 0 bridgehead atoms. The molecule has 1 atom stereocenters. The number of hydrogen-bond acceptors (Lipinski definition) is 3. The molecule has 66 valence electrons. The van der Waals surface area contributed by atoms with E-state index in [2.05, 4.69) is 0 Å². The second kappa shape index (κ2) is 3.82. The molecule has 0 fully saturated rings. The summed E-state index contributed by atoms with van der Waals surface area (Å²) in [5.41, 5.74) is -0.587. The molecular weight excluding hydrogens is 168 g/mol. The molecule has 0 radical (unpaired) electrons. The zero-order valence-electron chi connectivity index (χ0n) is 6.79. The van der Waals surface area contributed by atoms with Gasteiger partial charge in [0.1, 0.15) is 11.4 Å². The average Bonchev–Trinajstić information content (AvgIpc) is 1.53. The first kappa shape index (κ1) is 10.6. The monoisotopic (exact) mass is 180 g/mol. The topological polar surface area (TPSA) is 63.6 Å². The molecule has 5 heteroatoms. The van der Waals surface area contributed by atoms with Crippen molar-refractivity contribution >= 4 is 17.0 Å². The second-order valence-corrected chi connectivity index (χ2v) is 3.98. The number of carbonyl (C=O) groups excluding carboxylic acids is 1.